The highest BCUT2D eigenvalue weighted by atomic mass is 16.4. The molecular weight excluding hydrogens is 352 g/mol. The SMILES string of the molecule is C[C@@H](CCC(=O)O)[C@H]1CC[C@H]2[C@@H]3[C@@H](O)C[C@H]4C[C@H](O)CC[C@]4(C)[C@H]3CC[C@]12C. The highest BCUT2D eigenvalue weighted by Crippen LogP contribution is 2.68. The lowest BCUT2D eigenvalue weighted by atomic mass is 9.43. The fourth-order valence-corrected chi connectivity index (χ4v) is 8.73. The summed E-state index contributed by atoms with van der Waals surface area (Å²) in [6.45, 7) is 7.16. The molecule has 160 valence electrons. The van der Waals surface area contributed by atoms with Gasteiger partial charge in [0.2, 0.25) is 0 Å². The zero-order chi connectivity index (χ0) is 20.3. The molecular formula is C24H40O4. The zero-order valence-corrected chi connectivity index (χ0v) is 17.9. The molecule has 3 N–H and O–H groups in total. The molecule has 0 spiro atoms. The topological polar surface area (TPSA) is 77.8 Å². The van der Waals surface area contributed by atoms with Crippen LogP contribution in [0.4, 0.5) is 0 Å². The van der Waals surface area contributed by atoms with Crippen LogP contribution in [0.1, 0.15) is 85.0 Å². The van der Waals surface area contributed by atoms with Crippen molar-refractivity contribution in [1.29, 1.82) is 0 Å². The van der Waals surface area contributed by atoms with Gasteiger partial charge in [0.15, 0.2) is 0 Å². The molecule has 0 unspecified atom stereocenters. The van der Waals surface area contributed by atoms with Crippen LogP contribution in [-0.2, 0) is 4.79 Å². The van der Waals surface area contributed by atoms with Gasteiger partial charge in [-0.1, -0.05) is 20.8 Å². The van der Waals surface area contributed by atoms with Crippen molar-refractivity contribution in [1.82, 2.24) is 0 Å². The number of aliphatic carboxylic acids is 1. The van der Waals surface area contributed by atoms with Crippen LogP contribution >= 0.6 is 0 Å². The molecule has 4 heteroatoms. The molecule has 0 aromatic rings. The molecule has 4 saturated carbocycles. The third-order valence-electron chi connectivity index (χ3n) is 10.2. The summed E-state index contributed by atoms with van der Waals surface area (Å²) in [6, 6.07) is 0. The highest BCUT2D eigenvalue weighted by molar-refractivity contribution is 5.66. The number of rotatable bonds is 4. The van der Waals surface area contributed by atoms with Crippen molar-refractivity contribution in [2.45, 2.75) is 97.2 Å². The molecule has 0 amide bonds. The van der Waals surface area contributed by atoms with E-state index in [-0.39, 0.29) is 29.5 Å². The quantitative estimate of drug-likeness (QED) is 0.659. The van der Waals surface area contributed by atoms with Crippen LogP contribution in [-0.4, -0.2) is 33.5 Å². The minimum atomic E-state index is -0.684. The lowest BCUT2D eigenvalue weighted by Gasteiger charge is -2.62. The van der Waals surface area contributed by atoms with E-state index in [1.54, 1.807) is 0 Å². The molecule has 0 saturated heterocycles. The molecule has 0 aliphatic heterocycles. The predicted molar refractivity (Wildman–Crippen MR) is 109 cm³/mol. The Balaban J connectivity index is 1.55. The Bertz CT molecular complexity index is 605. The van der Waals surface area contributed by atoms with Crippen LogP contribution in [0.5, 0.6) is 0 Å². The predicted octanol–water partition coefficient (Wildman–Crippen LogP) is 4.48. The number of hydrogen-bond donors (Lipinski definition) is 3. The van der Waals surface area contributed by atoms with E-state index in [0.29, 0.717) is 35.5 Å². The summed E-state index contributed by atoms with van der Waals surface area (Å²) in [4.78, 5) is 11.1. The van der Waals surface area contributed by atoms with Crippen molar-refractivity contribution in [2.24, 2.45) is 46.3 Å². The summed E-state index contributed by atoms with van der Waals surface area (Å²) >= 11 is 0. The number of fused-ring (bicyclic) bond motifs is 5. The van der Waals surface area contributed by atoms with E-state index in [1.165, 1.54) is 25.7 Å². The Hall–Kier alpha value is -0.610. The molecule has 0 radical (unpaired) electrons. The van der Waals surface area contributed by atoms with Crippen LogP contribution in [0, 0.1) is 46.3 Å². The summed E-state index contributed by atoms with van der Waals surface area (Å²) in [5, 5.41) is 30.5. The van der Waals surface area contributed by atoms with Gasteiger partial charge in [-0.2, -0.15) is 0 Å². The van der Waals surface area contributed by atoms with Gasteiger partial charge in [0.05, 0.1) is 12.2 Å². The fourth-order valence-electron chi connectivity index (χ4n) is 8.73. The fraction of sp³-hybridized carbons (Fsp3) is 0.958. The van der Waals surface area contributed by atoms with Crippen LogP contribution in [0.25, 0.3) is 0 Å². The van der Waals surface area contributed by atoms with Gasteiger partial charge in [0.1, 0.15) is 0 Å². The van der Waals surface area contributed by atoms with Crippen molar-refractivity contribution in [2.75, 3.05) is 0 Å². The van der Waals surface area contributed by atoms with E-state index in [2.05, 4.69) is 20.8 Å². The van der Waals surface area contributed by atoms with E-state index >= 15 is 0 Å². The summed E-state index contributed by atoms with van der Waals surface area (Å²) in [6.07, 6.45) is 9.19. The minimum Gasteiger partial charge on any atom is -0.481 e. The molecule has 0 bridgehead atoms. The van der Waals surface area contributed by atoms with Crippen molar-refractivity contribution in [3.63, 3.8) is 0 Å². The molecule has 4 aliphatic rings. The molecule has 4 rings (SSSR count). The molecule has 0 aromatic heterocycles. The van der Waals surface area contributed by atoms with E-state index in [0.717, 1.165) is 32.1 Å². The number of aliphatic hydroxyl groups excluding tert-OH is 2. The number of hydrogen-bond acceptors (Lipinski definition) is 3. The first-order chi connectivity index (χ1) is 13.2. The van der Waals surface area contributed by atoms with Gasteiger partial charge in [0.25, 0.3) is 0 Å². The van der Waals surface area contributed by atoms with Crippen molar-refractivity contribution < 1.29 is 20.1 Å². The number of carbonyl (C=O) groups is 1. The summed E-state index contributed by atoms with van der Waals surface area (Å²) in [7, 11) is 0. The summed E-state index contributed by atoms with van der Waals surface area (Å²) in [5.74, 6) is 2.36. The second-order valence-corrected chi connectivity index (χ2v) is 11.4. The lowest BCUT2D eigenvalue weighted by Crippen LogP contribution is -2.58. The standard InChI is InChI=1S/C24H40O4/c1-14(4-7-21(27)28)17-5-6-18-22-19(9-11-24(17,18)3)23(2)10-8-16(25)12-15(23)13-20(22)26/h14-20,22,25-26H,4-13H2,1-3H3,(H,27,28)/t14-,15+,16+,17+,18-,19-,20-,22-,23-,24+/m0/s1. The normalized spacial score (nSPS) is 51.7. The Labute approximate surface area is 170 Å². The lowest BCUT2D eigenvalue weighted by molar-refractivity contribution is -0.174. The zero-order valence-electron chi connectivity index (χ0n) is 17.9. The van der Waals surface area contributed by atoms with E-state index in [9.17, 15) is 15.0 Å². The second kappa shape index (κ2) is 7.27. The van der Waals surface area contributed by atoms with E-state index < -0.39 is 5.97 Å². The first-order valence-corrected chi connectivity index (χ1v) is 11.7. The third kappa shape index (κ3) is 3.14. The highest BCUT2D eigenvalue weighted by Gasteiger charge is 2.62. The first-order valence-electron chi connectivity index (χ1n) is 11.7. The monoisotopic (exact) mass is 392 g/mol. The smallest absolute Gasteiger partial charge is 0.303 e. The number of carboxylic acids is 1. The number of carboxylic acid groups (broad SMARTS) is 1. The summed E-state index contributed by atoms with van der Waals surface area (Å²) in [5.41, 5.74) is 0.523. The van der Waals surface area contributed by atoms with Gasteiger partial charge in [-0.15, -0.1) is 0 Å². The van der Waals surface area contributed by atoms with Gasteiger partial charge >= 0.3 is 5.97 Å². The van der Waals surface area contributed by atoms with Gasteiger partial charge < -0.3 is 15.3 Å². The molecule has 4 aliphatic carbocycles. The summed E-state index contributed by atoms with van der Waals surface area (Å²) < 4.78 is 0. The largest absolute Gasteiger partial charge is 0.481 e. The van der Waals surface area contributed by atoms with Crippen LogP contribution in [0.15, 0.2) is 0 Å². The average Bonchev–Trinajstić information content (AvgIpc) is 2.98. The van der Waals surface area contributed by atoms with E-state index in [1.807, 2.05) is 0 Å². The molecule has 0 aromatic carbocycles. The van der Waals surface area contributed by atoms with Gasteiger partial charge in [-0.3, -0.25) is 4.79 Å². The third-order valence-corrected chi connectivity index (χ3v) is 10.2. The van der Waals surface area contributed by atoms with Crippen molar-refractivity contribution in [3.8, 4) is 0 Å². The maximum Gasteiger partial charge on any atom is 0.303 e. The van der Waals surface area contributed by atoms with E-state index in [4.69, 9.17) is 5.11 Å². The number of aliphatic hydroxyl groups is 2. The Morgan fingerprint density at radius 3 is 2.39 bits per heavy atom. The molecule has 28 heavy (non-hydrogen) atoms. The second-order valence-electron chi connectivity index (χ2n) is 11.4. The van der Waals surface area contributed by atoms with Crippen LogP contribution < -0.4 is 0 Å². The van der Waals surface area contributed by atoms with Gasteiger partial charge in [-0.25, -0.2) is 0 Å². The average molecular weight is 393 g/mol. The van der Waals surface area contributed by atoms with Crippen LogP contribution in [0.2, 0.25) is 0 Å². The van der Waals surface area contributed by atoms with Gasteiger partial charge in [0, 0.05) is 6.42 Å². The Morgan fingerprint density at radius 1 is 1.00 bits per heavy atom. The van der Waals surface area contributed by atoms with Crippen LogP contribution in [0.3, 0.4) is 0 Å². The van der Waals surface area contributed by atoms with Crippen molar-refractivity contribution >= 4 is 5.97 Å². The Morgan fingerprint density at radius 2 is 1.68 bits per heavy atom. The maximum absolute atomic E-state index is 11.2. The Kier molecular flexibility index (Phi) is 5.36. The molecule has 0 heterocycles. The molecule has 10 atom stereocenters. The minimum absolute atomic E-state index is 0.179. The first kappa shape index (κ1) is 20.7. The molecule has 4 fully saturated rings. The van der Waals surface area contributed by atoms with Crippen molar-refractivity contribution in [3.05, 3.63) is 0 Å². The van der Waals surface area contributed by atoms with Gasteiger partial charge in [-0.05, 0) is 104 Å². The molecule has 4 nitrogen and oxygen atoms in total. The maximum atomic E-state index is 11.2.